The van der Waals surface area contributed by atoms with Crippen LogP contribution in [-0.4, -0.2) is 32.5 Å². The molecule has 106 valence electrons. The average Bonchev–Trinajstić information content (AvgIpc) is 3.35. The van der Waals surface area contributed by atoms with E-state index >= 15 is 0 Å². The van der Waals surface area contributed by atoms with Crippen LogP contribution in [0, 0.1) is 11.8 Å². The van der Waals surface area contributed by atoms with Crippen LogP contribution < -0.4 is 10.6 Å². The summed E-state index contributed by atoms with van der Waals surface area (Å²) in [6.45, 7) is 2.85. The third kappa shape index (κ3) is 2.19. The lowest BCUT2D eigenvalue weighted by Gasteiger charge is -2.19. The number of nitrogens with one attached hydrogen (secondary N) is 3. The molecule has 2 aromatic heterocycles. The van der Waals surface area contributed by atoms with Crippen LogP contribution in [0.3, 0.4) is 0 Å². The molecule has 2 aromatic rings. The molecule has 6 nitrogen and oxygen atoms in total. The van der Waals surface area contributed by atoms with Gasteiger partial charge in [0.05, 0.1) is 6.33 Å². The van der Waals surface area contributed by atoms with E-state index in [4.69, 9.17) is 0 Å². The fourth-order valence-corrected chi connectivity index (χ4v) is 2.86. The Balaban J connectivity index is 1.67. The number of H-pyrrole nitrogens is 1. The van der Waals surface area contributed by atoms with Crippen molar-refractivity contribution in [3.63, 3.8) is 0 Å². The smallest absolute Gasteiger partial charge is 0.226 e. The number of anilines is 2. The largest absolute Gasteiger partial charge is 0.365 e. The first-order valence-electron chi connectivity index (χ1n) is 7.56. The van der Waals surface area contributed by atoms with Crippen LogP contribution in [0.5, 0.6) is 0 Å². The van der Waals surface area contributed by atoms with Gasteiger partial charge in [-0.05, 0) is 44.4 Å². The van der Waals surface area contributed by atoms with Gasteiger partial charge < -0.3 is 15.6 Å². The van der Waals surface area contributed by atoms with Gasteiger partial charge in [0, 0.05) is 12.6 Å². The lowest BCUT2D eigenvalue weighted by atomic mass is 10.1. The summed E-state index contributed by atoms with van der Waals surface area (Å²) in [4.78, 5) is 16.4. The third-order valence-corrected chi connectivity index (χ3v) is 4.18. The number of aromatic amines is 1. The molecule has 0 unspecified atom stereocenters. The van der Waals surface area contributed by atoms with E-state index in [1.807, 2.05) is 6.92 Å². The van der Waals surface area contributed by atoms with Crippen molar-refractivity contribution in [1.82, 2.24) is 19.9 Å². The van der Waals surface area contributed by atoms with E-state index in [1.54, 1.807) is 6.33 Å². The molecule has 0 saturated heterocycles. The Hall–Kier alpha value is -1.85. The van der Waals surface area contributed by atoms with Crippen molar-refractivity contribution in [2.75, 3.05) is 17.2 Å². The van der Waals surface area contributed by atoms with Gasteiger partial charge in [-0.2, -0.15) is 9.97 Å². The van der Waals surface area contributed by atoms with E-state index in [0.717, 1.165) is 35.4 Å². The summed E-state index contributed by atoms with van der Waals surface area (Å²) in [6, 6.07) is 0.575. The van der Waals surface area contributed by atoms with E-state index in [-0.39, 0.29) is 0 Å². The average molecular weight is 272 g/mol. The Labute approximate surface area is 117 Å². The van der Waals surface area contributed by atoms with Gasteiger partial charge in [0.25, 0.3) is 0 Å². The third-order valence-electron chi connectivity index (χ3n) is 4.18. The normalized spacial score (nSPS) is 18.7. The number of hydrogen-bond donors (Lipinski definition) is 3. The summed E-state index contributed by atoms with van der Waals surface area (Å²) in [6.07, 6.45) is 7.09. The highest BCUT2D eigenvalue weighted by molar-refractivity contribution is 5.83. The molecule has 0 amide bonds. The minimum absolute atomic E-state index is 0.575. The van der Waals surface area contributed by atoms with Crippen molar-refractivity contribution in [1.29, 1.82) is 0 Å². The number of nitrogens with zero attached hydrogens (tertiary/aromatic N) is 3. The molecule has 0 atom stereocenters. The van der Waals surface area contributed by atoms with Gasteiger partial charge in [-0.25, -0.2) is 4.98 Å². The van der Waals surface area contributed by atoms with Crippen molar-refractivity contribution in [3.05, 3.63) is 6.33 Å². The maximum atomic E-state index is 4.62. The summed E-state index contributed by atoms with van der Waals surface area (Å²) in [5.41, 5.74) is 1.64. The lowest BCUT2D eigenvalue weighted by Crippen LogP contribution is -2.25. The van der Waals surface area contributed by atoms with Crippen LogP contribution in [0.25, 0.3) is 11.2 Å². The first-order chi connectivity index (χ1) is 9.85. The quantitative estimate of drug-likeness (QED) is 0.752. The molecule has 0 aliphatic heterocycles. The van der Waals surface area contributed by atoms with Crippen LogP contribution in [-0.2, 0) is 0 Å². The fraction of sp³-hybridized carbons (Fsp3) is 0.643. The second kappa shape index (κ2) is 4.61. The molecule has 3 N–H and O–H groups in total. The first kappa shape index (κ1) is 11.9. The van der Waals surface area contributed by atoms with Gasteiger partial charge in [-0.3, -0.25) is 0 Å². The van der Waals surface area contributed by atoms with Crippen molar-refractivity contribution in [2.45, 2.75) is 38.6 Å². The number of rotatable bonds is 6. The monoisotopic (exact) mass is 272 g/mol. The van der Waals surface area contributed by atoms with Crippen LogP contribution in [0.15, 0.2) is 6.33 Å². The minimum atomic E-state index is 0.575. The standard InChI is InChI=1S/C14H20N6/c1-2-15-14-19-12-11(16-7-17-12)13(20-14)18-10(8-3-4-8)9-5-6-9/h7-10H,2-6H2,1H3,(H3,15,16,17,18,19,20). The zero-order chi connectivity index (χ0) is 13.5. The second-order valence-corrected chi connectivity index (χ2v) is 5.87. The highest BCUT2D eigenvalue weighted by Gasteiger charge is 2.41. The summed E-state index contributed by atoms with van der Waals surface area (Å²) in [5.74, 6) is 3.21. The topological polar surface area (TPSA) is 78.5 Å². The molecule has 2 aliphatic carbocycles. The molecule has 2 fully saturated rings. The van der Waals surface area contributed by atoms with Gasteiger partial charge in [-0.15, -0.1) is 0 Å². The molecule has 0 radical (unpaired) electrons. The van der Waals surface area contributed by atoms with Gasteiger partial charge in [0.15, 0.2) is 11.5 Å². The molecule has 2 saturated carbocycles. The molecule has 0 spiro atoms. The summed E-state index contributed by atoms with van der Waals surface area (Å²) < 4.78 is 0. The Morgan fingerprint density at radius 1 is 1.25 bits per heavy atom. The fourth-order valence-electron chi connectivity index (χ4n) is 2.86. The van der Waals surface area contributed by atoms with Crippen LogP contribution >= 0.6 is 0 Å². The maximum absolute atomic E-state index is 4.62. The zero-order valence-corrected chi connectivity index (χ0v) is 11.7. The molecular weight excluding hydrogens is 252 g/mol. The summed E-state index contributed by atoms with van der Waals surface area (Å²) in [7, 11) is 0. The Kier molecular flexibility index (Phi) is 2.75. The molecular formula is C14H20N6. The second-order valence-electron chi connectivity index (χ2n) is 5.87. The Morgan fingerprint density at radius 2 is 2.00 bits per heavy atom. The highest BCUT2D eigenvalue weighted by Crippen LogP contribution is 2.46. The van der Waals surface area contributed by atoms with E-state index in [1.165, 1.54) is 25.7 Å². The van der Waals surface area contributed by atoms with Gasteiger partial charge >= 0.3 is 0 Å². The highest BCUT2D eigenvalue weighted by atomic mass is 15.2. The molecule has 20 heavy (non-hydrogen) atoms. The van der Waals surface area contributed by atoms with Crippen molar-refractivity contribution >= 4 is 22.9 Å². The lowest BCUT2D eigenvalue weighted by molar-refractivity contribution is 0.566. The molecule has 0 bridgehead atoms. The van der Waals surface area contributed by atoms with E-state index in [2.05, 4.69) is 30.6 Å². The minimum Gasteiger partial charge on any atom is -0.365 e. The summed E-state index contributed by atoms with van der Waals surface area (Å²) in [5, 5.41) is 6.85. The number of fused-ring (bicyclic) bond motifs is 1. The van der Waals surface area contributed by atoms with E-state index in [0.29, 0.717) is 12.0 Å². The maximum Gasteiger partial charge on any atom is 0.226 e. The van der Waals surface area contributed by atoms with Crippen molar-refractivity contribution in [3.8, 4) is 0 Å². The molecule has 2 heterocycles. The number of hydrogen-bond acceptors (Lipinski definition) is 5. The van der Waals surface area contributed by atoms with Gasteiger partial charge in [0.2, 0.25) is 5.95 Å². The Morgan fingerprint density at radius 3 is 2.65 bits per heavy atom. The zero-order valence-electron chi connectivity index (χ0n) is 11.7. The van der Waals surface area contributed by atoms with Gasteiger partial charge in [0.1, 0.15) is 5.52 Å². The van der Waals surface area contributed by atoms with Crippen LogP contribution in [0.4, 0.5) is 11.8 Å². The first-order valence-corrected chi connectivity index (χ1v) is 7.56. The predicted octanol–water partition coefficient (Wildman–Crippen LogP) is 2.39. The predicted molar refractivity (Wildman–Crippen MR) is 78.7 cm³/mol. The summed E-state index contributed by atoms with van der Waals surface area (Å²) >= 11 is 0. The number of aromatic nitrogens is 4. The molecule has 4 rings (SSSR count). The van der Waals surface area contributed by atoms with Crippen LogP contribution in [0.2, 0.25) is 0 Å². The van der Waals surface area contributed by atoms with E-state index in [9.17, 15) is 0 Å². The van der Waals surface area contributed by atoms with Crippen molar-refractivity contribution in [2.24, 2.45) is 11.8 Å². The molecule has 6 heteroatoms. The van der Waals surface area contributed by atoms with Gasteiger partial charge in [-0.1, -0.05) is 0 Å². The Bertz CT molecular complexity index is 601. The van der Waals surface area contributed by atoms with Crippen molar-refractivity contribution < 1.29 is 0 Å². The molecule has 2 aliphatic rings. The SMILES string of the molecule is CCNc1nc(NC(C2CC2)C2CC2)c2[nH]cnc2n1. The van der Waals surface area contributed by atoms with Crippen LogP contribution in [0.1, 0.15) is 32.6 Å². The molecule has 0 aromatic carbocycles. The number of imidazole rings is 1. The van der Waals surface area contributed by atoms with E-state index < -0.39 is 0 Å².